The molecule has 0 aliphatic carbocycles. The highest BCUT2D eigenvalue weighted by molar-refractivity contribution is 8.13. The maximum atomic E-state index is 10.6. The van der Waals surface area contributed by atoms with Crippen LogP contribution in [0.25, 0.3) is 0 Å². The molecule has 17 heavy (non-hydrogen) atoms. The Morgan fingerprint density at radius 2 is 2.35 bits per heavy atom. The van der Waals surface area contributed by atoms with E-state index in [0.717, 1.165) is 0 Å². The fraction of sp³-hybridized carbons (Fsp3) is 0.273. The zero-order valence-corrected chi connectivity index (χ0v) is 9.99. The summed E-state index contributed by atoms with van der Waals surface area (Å²) in [5.41, 5.74) is 0.436. The predicted molar refractivity (Wildman–Crippen MR) is 65.5 cm³/mol. The number of aromatic nitrogens is 1. The van der Waals surface area contributed by atoms with Crippen LogP contribution < -0.4 is 0 Å². The normalized spacial score (nSPS) is 9.24. The molecular formula is C11H10N2O3S. The highest BCUT2D eigenvalue weighted by Gasteiger charge is 2.03. The van der Waals surface area contributed by atoms with Gasteiger partial charge < -0.3 is 0 Å². The molecule has 0 amide bonds. The smallest absolute Gasteiger partial charge is 0.287 e. The van der Waals surface area contributed by atoms with E-state index in [0.29, 0.717) is 17.9 Å². The largest absolute Gasteiger partial charge is 0.288 e. The quantitative estimate of drug-likeness (QED) is 0.355. The van der Waals surface area contributed by atoms with Crippen molar-refractivity contribution in [3.63, 3.8) is 0 Å². The summed E-state index contributed by atoms with van der Waals surface area (Å²) < 4.78 is 0. The summed E-state index contributed by atoms with van der Waals surface area (Å²) >= 11 is 1.22. The molecule has 0 spiro atoms. The summed E-state index contributed by atoms with van der Waals surface area (Å²) in [5.74, 6) is 6.27. The summed E-state index contributed by atoms with van der Waals surface area (Å²) in [4.78, 5) is 24.3. The van der Waals surface area contributed by atoms with Gasteiger partial charge in [0.1, 0.15) is 11.9 Å². The van der Waals surface area contributed by atoms with E-state index in [4.69, 9.17) is 0 Å². The molecule has 1 aromatic heterocycles. The van der Waals surface area contributed by atoms with Crippen LogP contribution in [-0.2, 0) is 4.79 Å². The van der Waals surface area contributed by atoms with Crippen molar-refractivity contribution in [2.45, 2.75) is 13.3 Å². The molecule has 1 rings (SSSR count). The van der Waals surface area contributed by atoms with Crippen molar-refractivity contribution in [1.29, 1.82) is 0 Å². The summed E-state index contributed by atoms with van der Waals surface area (Å²) in [7, 11) is 0. The molecule has 0 saturated heterocycles. The first-order valence-corrected chi connectivity index (χ1v) is 5.81. The first kappa shape index (κ1) is 13.2. The van der Waals surface area contributed by atoms with Crippen LogP contribution in [0.2, 0.25) is 0 Å². The van der Waals surface area contributed by atoms with Crippen LogP contribution in [0.3, 0.4) is 0 Å². The Labute approximate surface area is 103 Å². The van der Waals surface area contributed by atoms with Crippen LogP contribution in [0.4, 0.5) is 5.69 Å². The third kappa shape index (κ3) is 5.13. The second-order valence-corrected chi connectivity index (χ2v) is 4.32. The number of nitro groups is 1. The molecule has 1 aromatic rings. The molecule has 0 bridgehead atoms. The van der Waals surface area contributed by atoms with E-state index in [-0.39, 0.29) is 10.8 Å². The molecule has 0 aromatic carbocycles. The zero-order chi connectivity index (χ0) is 12.7. The van der Waals surface area contributed by atoms with E-state index in [9.17, 15) is 14.9 Å². The van der Waals surface area contributed by atoms with Gasteiger partial charge in [-0.2, -0.15) is 0 Å². The molecule has 0 fully saturated rings. The Hall–Kier alpha value is -1.87. The van der Waals surface area contributed by atoms with E-state index in [1.807, 2.05) is 0 Å². The molecule has 0 unspecified atom stereocenters. The molecule has 0 N–H and O–H groups in total. The number of hydrogen-bond donors (Lipinski definition) is 0. The van der Waals surface area contributed by atoms with Crippen molar-refractivity contribution in [2.24, 2.45) is 0 Å². The van der Waals surface area contributed by atoms with Gasteiger partial charge in [-0.1, -0.05) is 17.7 Å². The molecule has 6 heteroatoms. The molecule has 0 aliphatic rings. The minimum absolute atomic E-state index is 0.0531. The molecule has 0 saturated carbocycles. The van der Waals surface area contributed by atoms with E-state index in [1.54, 1.807) is 0 Å². The maximum Gasteiger partial charge on any atom is 0.287 e. The lowest BCUT2D eigenvalue weighted by molar-refractivity contribution is -0.385. The average molecular weight is 250 g/mol. The van der Waals surface area contributed by atoms with Gasteiger partial charge in [-0.15, -0.1) is 0 Å². The van der Waals surface area contributed by atoms with E-state index < -0.39 is 4.92 Å². The van der Waals surface area contributed by atoms with Gasteiger partial charge in [-0.3, -0.25) is 14.9 Å². The van der Waals surface area contributed by atoms with E-state index in [2.05, 4.69) is 16.8 Å². The van der Waals surface area contributed by atoms with E-state index >= 15 is 0 Å². The Morgan fingerprint density at radius 3 is 2.88 bits per heavy atom. The molecular weight excluding hydrogens is 240 g/mol. The Morgan fingerprint density at radius 1 is 1.59 bits per heavy atom. The zero-order valence-electron chi connectivity index (χ0n) is 9.17. The fourth-order valence-electron chi connectivity index (χ4n) is 0.967. The number of pyridine rings is 1. The molecule has 1 heterocycles. The van der Waals surface area contributed by atoms with Gasteiger partial charge >= 0.3 is 0 Å². The lowest BCUT2D eigenvalue weighted by Crippen LogP contribution is -1.90. The second-order valence-electron chi connectivity index (χ2n) is 3.05. The van der Waals surface area contributed by atoms with Gasteiger partial charge in [0.15, 0.2) is 5.12 Å². The number of carbonyl (C=O) groups excluding carboxylic acids is 1. The third-order valence-electron chi connectivity index (χ3n) is 1.71. The third-order valence-corrected chi connectivity index (χ3v) is 2.52. The molecule has 0 aliphatic heterocycles. The van der Waals surface area contributed by atoms with Crippen molar-refractivity contribution in [3.8, 4) is 11.8 Å². The first-order valence-electron chi connectivity index (χ1n) is 4.82. The van der Waals surface area contributed by atoms with Crippen molar-refractivity contribution in [1.82, 2.24) is 4.98 Å². The van der Waals surface area contributed by atoms with Gasteiger partial charge in [-0.05, 0) is 12.0 Å². The van der Waals surface area contributed by atoms with Crippen molar-refractivity contribution in [3.05, 3.63) is 34.1 Å². The highest BCUT2D eigenvalue weighted by atomic mass is 32.2. The van der Waals surface area contributed by atoms with E-state index in [1.165, 1.54) is 37.0 Å². The Balaban J connectivity index is 2.49. The van der Waals surface area contributed by atoms with Crippen molar-refractivity contribution in [2.75, 3.05) is 5.75 Å². The number of nitrogens with zero attached hydrogens (tertiary/aromatic N) is 2. The summed E-state index contributed by atoms with van der Waals surface area (Å²) in [6.07, 6.45) is 1.76. The van der Waals surface area contributed by atoms with Crippen LogP contribution in [0.15, 0.2) is 18.3 Å². The number of carbonyl (C=O) groups is 1. The van der Waals surface area contributed by atoms with Gasteiger partial charge in [0.05, 0.1) is 4.92 Å². The monoisotopic (exact) mass is 250 g/mol. The molecule has 5 nitrogen and oxygen atoms in total. The van der Waals surface area contributed by atoms with Crippen LogP contribution >= 0.6 is 11.8 Å². The van der Waals surface area contributed by atoms with Gasteiger partial charge in [-0.25, -0.2) is 4.98 Å². The van der Waals surface area contributed by atoms with Crippen molar-refractivity contribution >= 4 is 22.6 Å². The molecule has 0 atom stereocenters. The lowest BCUT2D eigenvalue weighted by atomic mass is 10.3. The van der Waals surface area contributed by atoms with Gasteiger partial charge in [0.25, 0.3) is 5.69 Å². The Bertz CT molecular complexity index is 474. The number of rotatable bonds is 3. The van der Waals surface area contributed by atoms with Gasteiger partial charge in [0.2, 0.25) is 0 Å². The SMILES string of the molecule is CC(=O)SCCC#Cc1ccc([N+](=O)[O-])cn1. The number of hydrogen-bond acceptors (Lipinski definition) is 5. The predicted octanol–water partition coefficient (Wildman–Crippen LogP) is 2.01. The Kier molecular flexibility index (Phi) is 5.17. The summed E-state index contributed by atoms with van der Waals surface area (Å²) in [6, 6.07) is 2.87. The molecule has 0 radical (unpaired) electrons. The standard InChI is InChI=1S/C11H10N2O3S/c1-9(14)17-7-3-2-4-10-5-6-11(8-12-10)13(15)16/h5-6,8H,3,7H2,1H3. The molecule has 88 valence electrons. The summed E-state index contributed by atoms with van der Waals surface area (Å²) in [5, 5.41) is 10.4. The second kappa shape index (κ2) is 6.66. The van der Waals surface area contributed by atoms with Crippen LogP contribution in [0.5, 0.6) is 0 Å². The maximum absolute atomic E-state index is 10.6. The minimum Gasteiger partial charge on any atom is -0.288 e. The van der Waals surface area contributed by atoms with Crippen LogP contribution in [0.1, 0.15) is 19.0 Å². The number of thioether (sulfide) groups is 1. The first-order chi connectivity index (χ1) is 8.09. The minimum atomic E-state index is -0.506. The van der Waals surface area contributed by atoms with Gasteiger partial charge in [0, 0.05) is 25.2 Å². The topological polar surface area (TPSA) is 73.1 Å². The van der Waals surface area contributed by atoms with Crippen molar-refractivity contribution < 1.29 is 9.72 Å². The lowest BCUT2D eigenvalue weighted by Gasteiger charge is -1.91. The summed E-state index contributed by atoms with van der Waals surface area (Å²) in [6.45, 7) is 1.51. The highest BCUT2D eigenvalue weighted by Crippen LogP contribution is 2.08. The average Bonchev–Trinajstić information content (AvgIpc) is 2.29. The van der Waals surface area contributed by atoms with Crippen LogP contribution in [0, 0.1) is 22.0 Å². The fourth-order valence-corrected chi connectivity index (χ4v) is 1.46. The van der Waals surface area contributed by atoms with Crippen LogP contribution in [-0.4, -0.2) is 20.8 Å².